The van der Waals surface area contributed by atoms with Gasteiger partial charge in [0.2, 0.25) is 0 Å². The summed E-state index contributed by atoms with van der Waals surface area (Å²) < 4.78 is 11.1. The summed E-state index contributed by atoms with van der Waals surface area (Å²) in [6.07, 6.45) is 3.25. The summed E-state index contributed by atoms with van der Waals surface area (Å²) in [7, 11) is 1.66. The average Bonchev–Trinajstić information content (AvgIpc) is 3.44. The Morgan fingerprint density at radius 2 is 1.96 bits per heavy atom. The number of carboxylic acid groups (broad SMARTS) is 1. The van der Waals surface area contributed by atoms with Crippen LogP contribution in [0.5, 0.6) is 11.5 Å². The van der Waals surface area contributed by atoms with Crippen LogP contribution in [0.2, 0.25) is 0 Å². The number of aliphatic carboxylic acids is 1. The number of methoxy groups -OCH3 is 1. The summed E-state index contributed by atoms with van der Waals surface area (Å²) in [6.45, 7) is 3.28. The highest BCUT2D eigenvalue weighted by atomic mass is 16.5. The minimum Gasteiger partial charge on any atom is -0.508 e. The first-order valence-corrected chi connectivity index (χ1v) is 9.09. The Labute approximate surface area is 158 Å². The van der Waals surface area contributed by atoms with E-state index in [0.717, 1.165) is 19.9 Å². The first-order chi connectivity index (χ1) is 12.9. The average molecular weight is 380 g/mol. The molecule has 1 aliphatic carbocycles. The number of carboxylic acids is 1. The van der Waals surface area contributed by atoms with Crippen molar-refractivity contribution >= 4 is 11.9 Å². The number of carbonyl (C=O) groups excluding carboxylic acids is 1. The molecule has 0 aromatic heterocycles. The molecule has 1 aliphatic heterocycles. The van der Waals surface area contributed by atoms with Crippen LogP contribution in [0, 0.1) is 5.92 Å². The van der Waals surface area contributed by atoms with Crippen molar-refractivity contribution < 1.29 is 29.3 Å². The van der Waals surface area contributed by atoms with Crippen molar-refractivity contribution in [3.8, 4) is 11.5 Å². The summed E-state index contributed by atoms with van der Waals surface area (Å²) in [5, 5.41) is 23.5. The van der Waals surface area contributed by atoms with E-state index in [-0.39, 0.29) is 23.8 Å². The number of rotatable bonds is 6. The largest absolute Gasteiger partial charge is 0.508 e. The van der Waals surface area contributed by atoms with Crippen LogP contribution in [0.15, 0.2) is 18.2 Å². The summed E-state index contributed by atoms with van der Waals surface area (Å²) in [4.78, 5) is 21.5. The minimum atomic E-state index is -0.833. The molecule has 2 aliphatic rings. The van der Waals surface area contributed by atoms with Crippen molar-refractivity contribution in [2.24, 2.45) is 5.92 Å². The Bertz CT molecular complexity index is 643. The normalized spacial score (nSPS) is 21.6. The van der Waals surface area contributed by atoms with Crippen molar-refractivity contribution in [2.75, 3.05) is 26.8 Å². The third kappa shape index (κ3) is 7.44. The van der Waals surface area contributed by atoms with E-state index in [0.29, 0.717) is 30.4 Å². The predicted molar refractivity (Wildman–Crippen MR) is 99.2 cm³/mol. The second-order valence-electron chi connectivity index (χ2n) is 6.84. The molecule has 27 heavy (non-hydrogen) atoms. The van der Waals surface area contributed by atoms with Gasteiger partial charge < -0.3 is 30.3 Å². The molecule has 4 N–H and O–H groups in total. The Morgan fingerprint density at radius 3 is 2.59 bits per heavy atom. The number of ether oxygens (including phenoxy) is 2. The SMILES string of the molecule is CC(=O)O.CO[C@@H]1CCNC[C@@H]1NC(=O)c1cc(O)cc(OCC2CC2)c1. The summed E-state index contributed by atoms with van der Waals surface area (Å²) >= 11 is 0. The van der Waals surface area contributed by atoms with E-state index in [4.69, 9.17) is 19.4 Å². The second kappa shape index (κ2) is 10.1. The first kappa shape index (κ1) is 21.0. The number of phenols is 1. The van der Waals surface area contributed by atoms with E-state index >= 15 is 0 Å². The van der Waals surface area contributed by atoms with Crippen LogP contribution < -0.4 is 15.4 Å². The van der Waals surface area contributed by atoms with Gasteiger partial charge in [0.25, 0.3) is 11.9 Å². The quantitative estimate of drug-likeness (QED) is 0.589. The van der Waals surface area contributed by atoms with E-state index < -0.39 is 5.97 Å². The lowest BCUT2D eigenvalue weighted by Crippen LogP contribution is -2.54. The number of carbonyl (C=O) groups is 2. The molecule has 3 rings (SSSR count). The van der Waals surface area contributed by atoms with Gasteiger partial charge in [0.15, 0.2) is 0 Å². The van der Waals surface area contributed by atoms with Crippen molar-refractivity contribution in [1.29, 1.82) is 0 Å². The molecule has 1 aromatic carbocycles. The van der Waals surface area contributed by atoms with Crippen LogP contribution in [-0.2, 0) is 9.53 Å². The number of benzene rings is 1. The van der Waals surface area contributed by atoms with Gasteiger partial charge in [-0.15, -0.1) is 0 Å². The van der Waals surface area contributed by atoms with Gasteiger partial charge in [-0.1, -0.05) is 0 Å². The standard InChI is InChI=1S/C17H24N2O4.C2H4O2/c1-22-16-4-5-18-9-15(16)19-17(21)12-6-13(20)8-14(7-12)23-10-11-2-3-11;1-2(3)4/h6-8,11,15-16,18,20H,2-5,9-10H2,1H3,(H,19,21);1H3,(H,3,4)/t15-,16+;/m0./s1. The fourth-order valence-corrected chi connectivity index (χ4v) is 2.81. The highest BCUT2D eigenvalue weighted by Crippen LogP contribution is 2.30. The molecule has 1 saturated heterocycles. The lowest BCUT2D eigenvalue weighted by Gasteiger charge is -2.31. The Morgan fingerprint density at radius 1 is 1.26 bits per heavy atom. The van der Waals surface area contributed by atoms with E-state index in [1.54, 1.807) is 19.2 Å². The molecule has 0 unspecified atom stereocenters. The Hall–Kier alpha value is -2.32. The topological polar surface area (TPSA) is 117 Å². The predicted octanol–water partition coefficient (Wildman–Crippen LogP) is 1.38. The van der Waals surface area contributed by atoms with E-state index in [2.05, 4.69) is 10.6 Å². The maximum Gasteiger partial charge on any atom is 0.300 e. The van der Waals surface area contributed by atoms with Crippen LogP contribution in [-0.4, -0.2) is 61.0 Å². The molecule has 0 radical (unpaired) electrons. The zero-order chi connectivity index (χ0) is 19.8. The molecule has 2 atom stereocenters. The van der Waals surface area contributed by atoms with Gasteiger partial charge in [-0.25, -0.2) is 0 Å². The zero-order valence-electron chi connectivity index (χ0n) is 15.7. The third-order valence-corrected chi connectivity index (χ3v) is 4.37. The van der Waals surface area contributed by atoms with Gasteiger partial charge in [0.1, 0.15) is 11.5 Å². The number of nitrogens with one attached hydrogen (secondary N) is 2. The molecule has 150 valence electrons. The molecule has 1 saturated carbocycles. The van der Waals surface area contributed by atoms with Gasteiger partial charge in [-0.3, -0.25) is 9.59 Å². The van der Waals surface area contributed by atoms with Crippen LogP contribution >= 0.6 is 0 Å². The maximum atomic E-state index is 12.5. The third-order valence-electron chi connectivity index (χ3n) is 4.37. The highest BCUT2D eigenvalue weighted by molar-refractivity contribution is 5.95. The lowest BCUT2D eigenvalue weighted by atomic mass is 10.0. The molecule has 1 heterocycles. The van der Waals surface area contributed by atoms with Crippen molar-refractivity contribution in [2.45, 2.75) is 38.3 Å². The molecular formula is C19H28N2O6. The molecule has 1 aromatic rings. The van der Waals surface area contributed by atoms with Crippen LogP contribution in [0.4, 0.5) is 0 Å². The van der Waals surface area contributed by atoms with Crippen LogP contribution in [0.3, 0.4) is 0 Å². The highest BCUT2D eigenvalue weighted by Gasteiger charge is 2.27. The number of phenolic OH excluding ortho intramolecular Hbond substituents is 1. The van der Waals surface area contributed by atoms with Gasteiger partial charge in [0.05, 0.1) is 18.8 Å². The maximum absolute atomic E-state index is 12.5. The Balaban J connectivity index is 0.000000596. The van der Waals surface area contributed by atoms with E-state index in [9.17, 15) is 9.90 Å². The zero-order valence-corrected chi connectivity index (χ0v) is 15.7. The summed E-state index contributed by atoms with van der Waals surface area (Å²) in [5.41, 5.74) is 0.399. The molecule has 0 bridgehead atoms. The molecule has 8 nitrogen and oxygen atoms in total. The Kier molecular flexibility index (Phi) is 7.87. The molecule has 1 amide bonds. The molecule has 8 heteroatoms. The minimum absolute atomic E-state index is 0.00287. The number of hydrogen-bond acceptors (Lipinski definition) is 6. The summed E-state index contributed by atoms with van der Waals surface area (Å²) in [5.74, 6) is 0.124. The van der Waals surface area contributed by atoms with Gasteiger partial charge in [0, 0.05) is 32.2 Å². The van der Waals surface area contributed by atoms with E-state index in [1.807, 2.05) is 0 Å². The lowest BCUT2D eigenvalue weighted by molar-refractivity contribution is -0.134. The number of hydrogen-bond donors (Lipinski definition) is 4. The monoisotopic (exact) mass is 380 g/mol. The van der Waals surface area contributed by atoms with Crippen LogP contribution in [0.25, 0.3) is 0 Å². The fraction of sp³-hybridized carbons (Fsp3) is 0.579. The second-order valence-corrected chi connectivity index (χ2v) is 6.84. The van der Waals surface area contributed by atoms with Crippen molar-refractivity contribution in [3.05, 3.63) is 23.8 Å². The number of amides is 1. The number of piperidine rings is 1. The van der Waals surface area contributed by atoms with Gasteiger partial charge in [-0.05, 0) is 43.9 Å². The number of aromatic hydroxyl groups is 1. The molecular weight excluding hydrogens is 352 g/mol. The summed E-state index contributed by atoms with van der Waals surface area (Å²) in [6, 6.07) is 4.59. The molecule has 2 fully saturated rings. The first-order valence-electron chi connectivity index (χ1n) is 9.09. The van der Waals surface area contributed by atoms with E-state index in [1.165, 1.54) is 18.9 Å². The van der Waals surface area contributed by atoms with Crippen molar-refractivity contribution in [3.63, 3.8) is 0 Å². The fourth-order valence-electron chi connectivity index (χ4n) is 2.81. The smallest absolute Gasteiger partial charge is 0.300 e. The molecule has 0 spiro atoms. The van der Waals surface area contributed by atoms with Crippen LogP contribution in [0.1, 0.15) is 36.5 Å². The van der Waals surface area contributed by atoms with Gasteiger partial charge >= 0.3 is 0 Å². The van der Waals surface area contributed by atoms with Crippen molar-refractivity contribution in [1.82, 2.24) is 10.6 Å². The van der Waals surface area contributed by atoms with Gasteiger partial charge in [-0.2, -0.15) is 0 Å².